The van der Waals surface area contributed by atoms with Gasteiger partial charge in [0.1, 0.15) is 26.8 Å². The Morgan fingerprint density at radius 3 is 1.59 bits per heavy atom. The Morgan fingerprint density at radius 1 is 0.706 bits per heavy atom. The van der Waals surface area contributed by atoms with E-state index in [9.17, 15) is 0 Å². The average Bonchev–Trinajstić information content (AvgIpc) is 2.88. The standard InChI is InChI=1S/C27H32O6Si/c28-17-31-23-10-4-20(5-11-23)27(21-6-12-24(13-7-21)32-18-29)22-8-14-25(15-9-22)33-19-34-26-3-1-2-16-30-26/h4-15,26-29H,1-3,16-19,34H2. The van der Waals surface area contributed by atoms with Gasteiger partial charge in [-0.1, -0.05) is 36.4 Å². The highest BCUT2D eigenvalue weighted by Crippen LogP contribution is 2.34. The van der Waals surface area contributed by atoms with Crippen LogP contribution < -0.4 is 14.2 Å². The largest absolute Gasteiger partial charge is 0.498 e. The predicted molar refractivity (Wildman–Crippen MR) is 133 cm³/mol. The monoisotopic (exact) mass is 480 g/mol. The lowest BCUT2D eigenvalue weighted by molar-refractivity contribution is 0.0637. The van der Waals surface area contributed by atoms with Gasteiger partial charge in [-0.15, -0.1) is 0 Å². The fourth-order valence-corrected chi connectivity index (χ4v) is 5.87. The van der Waals surface area contributed by atoms with Gasteiger partial charge < -0.3 is 29.2 Å². The molecule has 34 heavy (non-hydrogen) atoms. The van der Waals surface area contributed by atoms with Gasteiger partial charge in [0.15, 0.2) is 13.6 Å². The molecule has 3 aromatic rings. The van der Waals surface area contributed by atoms with Crippen LogP contribution in [0.4, 0.5) is 0 Å². The van der Waals surface area contributed by atoms with Crippen LogP contribution in [0.3, 0.4) is 0 Å². The van der Waals surface area contributed by atoms with Gasteiger partial charge in [0.2, 0.25) is 0 Å². The highest BCUT2D eigenvalue weighted by Gasteiger charge is 2.18. The molecule has 1 fully saturated rings. The lowest BCUT2D eigenvalue weighted by atomic mass is 9.85. The van der Waals surface area contributed by atoms with Gasteiger partial charge in [-0.3, -0.25) is 0 Å². The summed E-state index contributed by atoms with van der Waals surface area (Å²) in [6.07, 6.45) is 4.42. The molecule has 7 heteroatoms. The van der Waals surface area contributed by atoms with Crippen molar-refractivity contribution in [1.29, 1.82) is 0 Å². The van der Waals surface area contributed by atoms with E-state index in [1.807, 2.05) is 60.7 Å². The minimum absolute atomic E-state index is 0.00887. The van der Waals surface area contributed by atoms with Crippen molar-refractivity contribution in [3.05, 3.63) is 89.5 Å². The molecule has 1 atom stereocenters. The van der Waals surface area contributed by atoms with Gasteiger partial charge in [0.25, 0.3) is 0 Å². The summed E-state index contributed by atoms with van der Waals surface area (Å²) in [5, 5.41) is 18.0. The third kappa shape index (κ3) is 6.61. The smallest absolute Gasteiger partial charge is 0.186 e. The van der Waals surface area contributed by atoms with Crippen LogP contribution in [0.2, 0.25) is 0 Å². The van der Waals surface area contributed by atoms with E-state index >= 15 is 0 Å². The van der Waals surface area contributed by atoms with Gasteiger partial charge in [0.05, 0.1) is 6.23 Å². The summed E-state index contributed by atoms with van der Waals surface area (Å²) >= 11 is 0. The maximum absolute atomic E-state index is 9.02. The normalized spacial score (nSPS) is 16.1. The van der Waals surface area contributed by atoms with Crippen LogP contribution in [0.1, 0.15) is 41.9 Å². The third-order valence-corrected chi connectivity index (χ3v) is 7.81. The number of ether oxygens (including phenoxy) is 4. The number of benzene rings is 3. The van der Waals surface area contributed by atoms with E-state index in [1.165, 1.54) is 19.3 Å². The molecule has 4 rings (SSSR count). The van der Waals surface area contributed by atoms with Gasteiger partial charge in [-0.25, -0.2) is 0 Å². The SMILES string of the molecule is OCOc1ccc(C(c2ccc(OCO)cc2)c2ccc(OC[SiH2]C3CCCCO3)cc2)cc1. The first-order valence-electron chi connectivity index (χ1n) is 11.8. The molecule has 0 amide bonds. The molecule has 0 aromatic heterocycles. The molecule has 6 nitrogen and oxygen atoms in total. The van der Waals surface area contributed by atoms with E-state index in [-0.39, 0.29) is 19.5 Å². The Kier molecular flexibility index (Phi) is 8.98. The average molecular weight is 481 g/mol. The highest BCUT2D eigenvalue weighted by molar-refractivity contribution is 6.37. The van der Waals surface area contributed by atoms with Crippen molar-refractivity contribution in [2.45, 2.75) is 30.9 Å². The van der Waals surface area contributed by atoms with Gasteiger partial charge in [0, 0.05) is 18.3 Å². The first kappa shape index (κ1) is 24.3. The van der Waals surface area contributed by atoms with Crippen LogP contribution in [0.25, 0.3) is 0 Å². The van der Waals surface area contributed by atoms with Crippen molar-refractivity contribution in [2.75, 3.05) is 26.4 Å². The van der Waals surface area contributed by atoms with Crippen molar-refractivity contribution in [1.82, 2.24) is 0 Å². The van der Waals surface area contributed by atoms with Crippen LogP contribution >= 0.6 is 0 Å². The lowest BCUT2D eigenvalue weighted by Gasteiger charge is -2.22. The number of aliphatic hydroxyl groups is 2. The second-order valence-corrected chi connectivity index (χ2v) is 10.2. The van der Waals surface area contributed by atoms with E-state index in [4.69, 9.17) is 29.2 Å². The molecule has 1 unspecified atom stereocenters. The molecule has 1 aliphatic rings. The molecular weight excluding hydrogens is 448 g/mol. The van der Waals surface area contributed by atoms with Gasteiger partial charge in [-0.2, -0.15) is 0 Å². The number of hydrogen-bond acceptors (Lipinski definition) is 6. The summed E-state index contributed by atoms with van der Waals surface area (Å²) in [5.41, 5.74) is 3.77. The van der Waals surface area contributed by atoms with Crippen molar-refractivity contribution >= 4 is 9.52 Å². The molecule has 0 bridgehead atoms. The zero-order valence-corrected chi connectivity index (χ0v) is 20.7. The Bertz CT molecular complexity index is 936. The maximum atomic E-state index is 9.02. The zero-order chi connectivity index (χ0) is 23.6. The molecule has 0 aliphatic carbocycles. The minimum Gasteiger partial charge on any atom is -0.498 e. The van der Waals surface area contributed by atoms with E-state index in [0.29, 0.717) is 17.2 Å². The summed E-state index contributed by atoms with van der Waals surface area (Å²) in [7, 11) is -0.408. The van der Waals surface area contributed by atoms with Crippen molar-refractivity contribution in [2.24, 2.45) is 0 Å². The Balaban J connectivity index is 1.50. The number of rotatable bonds is 11. The van der Waals surface area contributed by atoms with E-state index < -0.39 is 9.52 Å². The van der Waals surface area contributed by atoms with E-state index in [2.05, 4.69) is 12.1 Å². The van der Waals surface area contributed by atoms with Crippen LogP contribution in [-0.2, 0) is 4.74 Å². The Morgan fingerprint density at radius 2 is 1.18 bits per heavy atom. The first-order chi connectivity index (χ1) is 16.8. The number of hydrogen-bond donors (Lipinski definition) is 2. The van der Waals surface area contributed by atoms with Crippen LogP contribution in [0, 0.1) is 0 Å². The third-order valence-electron chi connectivity index (χ3n) is 6.09. The molecule has 0 radical (unpaired) electrons. The van der Waals surface area contributed by atoms with E-state index in [1.54, 1.807) is 0 Å². The van der Waals surface area contributed by atoms with Crippen LogP contribution in [-0.4, -0.2) is 51.9 Å². The molecule has 1 saturated heterocycles. The van der Waals surface area contributed by atoms with Gasteiger partial charge in [-0.05, 0) is 72.4 Å². The van der Waals surface area contributed by atoms with Crippen molar-refractivity contribution < 1.29 is 29.2 Å². The minimum atomic E-state index is -0.408. The predicted octanol–water partition coefficient (Wildman–Crippen LogP) is 3.56. The fraction of sp³-hybridized carbons (Fsp3) is 0.333. The maximum Gasteiger partial charge on any atom is 0.186 e. The van der Waals surface area contributed by atoms with Crippen LogP contribution in [0.5, 0.6) is 17.2 Å². The van der Waals surface area contributed by atoms with Gasteiger partial charge >= 0.3 is 0 Å². The summed E-state index contributed by atoms with van der Waals surface area (Å²) in [6, 6.07) is 23.7. The summed E-state index contributed by atoms with van der Waals surface area (Å²) in [5.74, 6) is 2.10. The van der Waals surface area contributed by atoms with Crippen molar-refractivity contribution in [3.8, 4) is 17.2 Å². The van der Waals surface area contributed by atoms with Crippen molar-refractivity contribution in [3.63, 3.8) is 0 Å². The molecular formula is C27H32O6Si. The summed E-state index contributed by atoms with van der Waals surface area (Å²) in [6.45, 7) is 0.187. The van der Waals surface area contributed by atoms with E-state index in [0.717, 1.165) is 35.3 Å². The topological polar surface area (TPSA) is 77.4 Å². The fourth-order valence-electron chi connectivity index (χ4n) is 4.34. The highest BCUT2D eigenvalue weighted by atomic mass is 28.2. The second-order valence-electron chi connectivity index (χ2n) is 8.31. The number of aliphatic hydroxyl groups excluding tert-OH is 2. The Hall–Kier alpha value is -2.84. The zero-order valence-electron chi connectivity index (χ0n) is 19.3. The molecule has 3 aromatic carbocycles. The second kappa shape index (κ2) is 12.6. The quantitative estimate of drug-likeness (QED) is 0.248. The summed E-state index contributed by atoms with van der Waals surface area (Å²) < 4.78 is 22.3. The van der Waals surface area contributed by atoms with Crippen LogP contribution in [0.15, 0.2) is 72.8 Å². The Labute approximate surface area is 202 Å². The molecule has 1 aliphatic heterocycles. The molecule has 2 N–H and O–H groups in total. The lowest BCUT2D eigenvalue weighted by Crippen LogP contribution is -2.29. The molecule has 0 spiro atoms. The first-order valence-corrected chi connectivity index (χ1v) is 13.6. The molecule has 0 saturated carbocycles. The molecule has 180 valence electrons. The summed E-state index contributed by atoms with van der Waals surface area (Å²) in [4.78, 5) is 0. The molecule has 1 heterocycles.